The molecule has 3 N–H and O–H groups in total. The van der Waals surface area contributed by atoms with Crippen LogP contribution in [0.2, 0.25) is 0 Å². The SMILES string of the molecule is CCC(COC)NC(=O)c1cccc(N)n1.Cl. The van der Waals surface area contributed by atoms with Gasteiger partial charge in [-0.15, -0.1) is 12.4 Å². The maximum absolute atomic E-state index is 11.8. The number of ether oxygens (including phenoxy) is 1. The van der Waals surface area contributed by atoms with Crippen molar-refractivity contribution in [3.8, 4) is 0 Å². The van der Waals surface area contributed by atoms with Gasteiger partial charge in [-0.1, -0.05) is 13.0 Å². The van der Waals surface area contributed by atoms with Gasteiger partial charge in [0, 0.05) is 7.11 Å². The van der Waals surface area contributed by atoms with Crippen molar-refractivity contribution in [1.29, 1.82) is 0 Å². The lowest BCUT2D eigenvalue weighted by Gasteiger charge is -2.15. The summed E-state index contributed by atoms with van der Waals surface area (Å²) in [5.41, 5.74) is 5.83. The van der Waals surface area contributed by atoms with Crippen LogP contribution in [0.25, 0.3) is 0 Å². The number of nitrogens with zero attached hydrogens (tertiary/aromatic N) is 1. The van der Waals surface area contributed by atoms with Gasteiger partial charge >= 0.3 is 0 Å². The van der Waals surface area contributed by atoms with E-state index in [0.29, 0.717) is 18.1 Å². The Morgan fingerprint density at radius 3 is 2.82 bits per heavy atom. The lowest BCUT2D eigenvalue weighted by molar-refractivity contribution is 0.0890. The van der Waals surface area contributed by atoms with Crippen LogP contribution in [-0.4, -0.2) is 30.6 Å². The molecule has 1 aromatic rings. The smallest absolute Gasteiger partial charge is 0.270 e. The van der Waals surface area contributed by atoms with Crippen molar-refractivity contribution in [3.63, 3.8) is 0 Å². The van der Waals surface area contributed by atoms with Crippen LogP contribution >= 0.6 is 12.4 Å². The van der Waals surface area contributed by atoms with Crippen molar-refractivity contribution < 1.29 is 9.53 Å². The molecule has 96 valence electrons. The lowest BCUT2D eigenvalue weighted by Crippen LogP contribution is -2.37. The van der Waals surface area contributed by atoms with Gasteiger partial charge in [0.1, 0.15) is 11.5 Å². The molecule has 0 aliphatic carbocycles. The molecule has 0 bridgehead atoms. The van der Waals surface area contributed by atoms with Crippen molar-refractivity contribution in [3.05, 3.63) is 23.9 Å². The summed E-state index contributed by atoms with van der Waals surface area (Å²) in [6, 6.07) is 4.98. The predicted octanol–water partition coefficient (Wildman–Crippen LogP) is 1.24. The number of amides is 1. The molecule has 1 aromatic heterocycles. The predicted molar refractivity (Wildman–Crippen MR) is 69.3 cm³/mol. The van der Waals surface area contributed by atoms with E-state index < -0.39 is 0 Å². The fourth-order valence-electron chi connectivity index (χ4n) is 1.30. The zero-order valence-corrected chi connectivity index (χ0v) is 10.8. The van der Waals surface area contributed by atoms with Crippen LogP contribution in [0, 0.1) is 0 Å². The number of hydrogen-bond donors (Lipinski definition) is 2. The van der Waals surface area contributed by atoms with Gasteiger partial charge < -0.3 is 15.8 Å². The highest BCUT2D eigenvalue weighted by Crippen LogP contribution is 2.01. The summed E-state index contributed by atoms with van der Waals surface area (Å²) in [6.45, 7) is 2.47. The van der Waals surface area contributed by atoms with Gasteiger partial charge in [0.05, 0.1) is 12.6 Å². The van der Waals surface area contributed by atoms with E-state index in [1.54, 1.807) is 25.3 Å². The topological polar surface area (TPSA) is 77.2 Å². The Morgan fingerprint density at radius 2 is 2.29 bits per heavy atom. The Kier molecular flexibility index (Phi) is 7.25. The highest BCUT2D eigenvalue weighted by Gasteiger charge is 2.12. The summed E-state index contributed by atoms with van der Waals surface area (Å²) < 4.78 is 5.00. The van der Waals surface area contributed by atoms with Gasteiger partial charge in [-0.2, -0.15) is 0 Å². The highest BCUT2D eigenvalue weighted by molar-refractivity contribution is 5.92. The number of anilines is 1. The van der Waals surface area contributed by atoms with Gasteiger partial charge in [0.2, 0.25) is 0 Å². The van der Waals surface area contributed by atoms with Crippen LogP contribution < -0.4 is 11.1 Å². The standard InChI is InChI=1S/C11H17N3O2.ClH/c1-3-8(7-16-2)13-11(15)9-5-4-6-10(12)14-9;/h4-6,8H,3,7H2,1-2H3,(H2,12,14)(H,13,15);1H. The molecule has 0 radical (unpaired) electrons. The second-order valence-electron chi connectivity index (χ2n) is 3.48. The van der Waals surface area contributed by atoms with Crippen molar-refractivity contribution in [1.82, 2.24) is 10.3 Å². The highest BCUT2D eigenvalue weighted by atomic mass is 35.5. The molecule has 6 heteroatoms. The average Bonchev–Trinajstić information content (AvgIpc) is 2.28. The Labute approximate surface area is 107 Å². The van der Waals surface area contributed by atoms with Gasteiger partial charge in [-0.05, 0) is 18.6 Å². The first-order valence-electron chi connectivity index (χ1n) is 5.19. The first-order chi connectivity index (χ1) is 7.67. The number of nitrogens with two attached hydrogens (primary N) is 1. The van der Waals surface area contributed by atoms with Crippen molar-refractivity contribution in [2.75, 3.05) is 19.5 Å². The van der Waals surface area contributed by atoms with E-state index in [-0.39, 0.29) is 24.4 Å². The van der Waals surface area contributed by atoms with E-state index in [9.17, 15) is 4.79 Å². The summed E-state index contributed by atoms with van der Waals surface area (Å²) >= 11 is 0. The van der Waals surface area contributed by atoms with E-state index >= 15 is 0 Å². The minimum atomic E-state index is -0.226. The van der Waals surface area contributed by atoms with Crippen LogP contribution in [0.5, 0.6) is 0 Å². The summed E-state index contributed by atoms with van der Waals surface area (Å²) in [6.07, 6.45) is 0.807. The lowest BCUT2D eigenvalue weighted by atomic mass is 10.2. The molecule has 0 fully saturated rings. The van der Waals surface area contributed by atoms with E-state index in [1.807, 2.05) is 6.92 Å². The number of carbonyl (C=O) groups is 1. The molecule has 0 saturated heterocycles. The number of carbonyl (C=O) groups excluding carboxylic acids is 1. The van der Waals surface area contributed by atoms with Crippen molar-refractivity contribution in [2.24, 2.45) is 0 Å². The van der Waals surface area contributed by atoms with E-state index in [0.717, 1.165) is 6.42 Å². The van der Waals surface area contributed by atoms with Gasteiger partial charge in [0.15, 0.2) is 0 Å². The third kappa shape index (κ3) is 5.01. The second kappa shape index (κ2) is 7.86. The van der Waals surface area contributed by atoms with Crippen molar-refractivity contribution in [2.45, 2.75) is 19.4 Å². The largest absolute Gasteiger partial charge is 0.384 e. The number of pyridine rings is 1. The normalized spacial score (nSPS) is 11.4. The molecule has 1 heterocycles. The summed E-state index contributed by atoms with van der Waals surface area (Å²) in [4.78, 5) is 15.7. The third-order valence-corrected chi connectivity index (χ3v) is 2.20. The Balaban J connectivity index is 0.00000256. The fourth-order valence-corrected chi connectivity index (χ4v) is 1.30. The Morgan fingerprint density at radius 1 is 1.59 bits per heavy atom. The molecule has 5 nitrogen and oxygen atoms in total. The molecule has 0 saturated carbocycles. The number of nitrogen functional groups attached to an aromatic ring is 1. The molecule has 0 aliphatic rings. The molecule has 0 aliphatic heterocycles. The number of rotatable bonds is 5. The Hall–Kier alpha value is -1.33. The molecule has 17 heavy (non-hydrogen) atoms. The van der Waals surface area contributed by atoms with Crippen LogP contribution in [0.3, 0.4) is 0 Å². The van der Waals surface area contributed by atoms with E-state index in [1.165, 1.54) is 0 Å². The number of hydrogen-bond acceptors (Lipinski definition) is 4. The van der Waals surface area contributed by atoms with Gasteiger partial charge in [-0.25, -0.2) is 4.98 Å². The molecular formula is C11H18ClN3O2. The molecular weight excluding hydrogens is 242 g/mol. The molecule has 1 unspecified atom stereocenters. The Bertz CT molecular complexity index is 360. The minimum Gasteiger partial charge on any atom is -0.384 e. The quantitative estimate of drug-likeness (QED) is 0.834. The average molecular weight is 260 g/mol. The molecule has 0 aromatic carbocycles. The maximum atomic E-state index is 11.8. The summed E-state index contributed by atoms with van der Waals surface area (Å²) in [7, 11) is 1.60. The monoisotopic (exact) mass is 259 g/mol. The first kappa shape index (κ1) is 15.7. The first-order valence-corrected chi connectivity index (χ1v) is 5.19. The molecule has 0 spiro atoms. The van der Waals surface area contributed by atoms with Crippen LogP contribution in [0.1, 0.15) is 23.8 Å². The van der Waals surface area contributed by atoms with Crippen LogP contribution in [0.15, 0.2) is 18.2 Å². The summed E-state index contributed by atoms with van der Waals surface area (Å²) in [5, 5.41) is 2.83. The second-order valence-corrected chi connectivity index (χ2v) is 3.48. The molecule has 1 amide bonds. The number of nitrogens with one attached hydrogen (secondary N) is 1. The van der Waals surface area contributed by atoms with E-state index in [4.69, 9.17) is 10.5 Å². The number of aromatic nitrogens is 1. The zero-order chi connectivity index (χ0) is 12.0. The van der Waals surface area contributed by atoms with Gasteiger partial charge in [0.25, 0.3) is 5.91 Å². The molecule has 1 atom stereocenters. The molecule has 1 rings (SSSR count). The maximum Gasteiger partial charge on any atom is 0.270 e. The van der Waals surface area contributed by atoms with Crippen LogP contribution in [-0.2, 0) is 4.74 Å². The third-order valence-electron chi connectivity index (χ3n) is 2.20. The zero-order valence-electron chi connectivity index (χ0n) is 9.97. The number of halogens is 1. The summed E-state index contributed by atoms with van der Waals surface area (Å²) in [5.74, 6) is 0.114. The van der Waals surface area contributed by atoms with Crippen molar-refractivity contribution >= 4 is 24.1 Å². The van der Waals surface area contributed by atoms with Crippen LogP contribution in [0.4, 0.5) is 5.82 Å². The van der Waals surface area contributed by atoms with Gasteiger partial charge in [-0.3, -0.25) is 4.79 Å². The van der Waals surface area contributed by atoms with E-state index in [2.05, 4.69) is 10.3 Å². The number of methoxy groups -OCH3 is 1. The fraction of sp³-hybridized carbons (Fsp3) is 0.455. The minimum absolute atomic E-state index is 0.